The molecule has 0 saturated carbocycles. The third-order valence-electron chi connectivity index (χ3n) is 2.73. The number of rotatable bonds is 1. The van der Waals surface area contributed by atoms with E-state index in [1.165, 1.54) is 23.1 Å². The molecule has 1 nitrogen and oxygen atoms in total. The highest BCUT2D eigenvalue weighted by Crippen LogP contribution is 2.28. The van der Waals surface area contributed by atoms with E-state index in [2.05, 4.69) is 32.1 Å². The molecule has 0 aromatic heterocycles. The number of nitrogen functional groups attached to an aromatic ring is 1. The van der Waals surface area contributed by atoms with Crippen molar-refractivity contribution in [2.45, 2.75) is 20.3 Å². The van der Waals surface area contributed by atoms with Gasteiger partial charge in [0.1, 0.15) is 0 Å². The number of hydrogen-bond donors (Lipinski definition) is 1. The summed E-state index contributed by atoms with van der Waals surface area (Å²) in [6.07, 6.45) is 5.75. The van der Waals surface area contributed by atoms with E-state index in [9.17, 15) is 0 Å². The Balaban J connectivity index is 2.39. The van der Waals surface area contributed by atoms with Crippen molar-refractivity contribution in [1.29, 1.82) is 0 Å². The van der Waals surface area contributed by atoms with E-state index >= 15 is 0 Å². The van der Waals surface area contributed by atoms with E-state index in [-0.39, 0.29) is 0 Å². The number of anilines is 1. The quantitative estimate of drug-likeness (QED) is 0.686. The first-order valence-electron chi connectivity index (χ1n) is 5.40. The zero-order chi connectivity index (χ0) is 10.8. The molecule has 1 unspecified atom stereocenters. The van der Waals surface area contributed by atoms with Gasteiger partial charge in [0.25, 0.3) is 0 Å². The van der Waals surface area contributed by atoms with E-state index in [1.807, 2.05) is 18.2 Å². The van der Waals surface area contributed by atoms with Gasteiger partial charge in [-0.15, -0.1) is 0 Å². The second-order valence-corrected chi connectivity index (χ2v) is 4.42. The largest absolute Gasteiger partial charge is 0.399 e. The molecular weight excluding hydrogens is 182 g/mol. The highest BCUT2D eigenvalue weighted by atomic mass is 14.5. The molecule has 2 rings (SSSR count). The SMILES string of the molecule is CC1=CC(c2cccc(N)c2)=CC(C)C1. The maximum Gasteiger partial charge on any atom is 0.0320 e. The molecule has 1 atom stereocenters. The standard InChI is InChI=1S/C14H17N/c1-10-6-11(2)8-13(7-10)12-4-3-5-14(15)9-12/h3-5,7-10H,6,15H2,1-2H3. The van der Waals surface area contributed by atoms with Gasteiger partial charge in [-0.05, 0) is 42.5 Å². The van der Waals surface area contributed by atoms with Crippen LogP contribution in [-0.2, 0) is 0 Å². The molecule has 2 N–H and O–H groups in total. The van der Waals surface area contributed by atoms with Crippen molar-refractivity contribution in [2.75, 3.05) is 5.73 Å². The van der Waals surface area contributed by atoms with Crippen molar-refractivity contribution < 1.29 is 0 Å². The van der Waals surface area contributed by atoms with Crippen LogP contribution in [0.15, 0.2) is 42.0 Å². The molecule has 0 fully saturated rings. The maximum atomic E-state index is 5.79. The summed E-state index contributed by atoms with van der Waals surface area (Å²) in [4.78, 5) is 0. The zero-order valence-corrected chi connectivity index (χ0v) is 9.33. The molecule has 0 bridgehead atoms. The summed E-state index contributed by atoms with van der Waals surface area (Å²) in [5.74, 6) is 0.631. The Kier molecular flexibility index (Phi) is 2.63. The Morgan fingerprint density at radius 1 is 1.33 bits per heavy atom. The summed E-state index contributed by atoms with van der Waals surface area (Å²) in [7, 11) is 0. The molecule has 78 valence electrons. The average Bonchev–Trinajstić information content (AvgIpc) is 2.16. The van der Waals surface area contributed by atoms with Crippen LogP contribution in [0, 0.1) is 5.92 Å². The monoisotopic (exact) mass is 199 g/mol. The summed E-state index contributed by atoms with van der Waals surface area (Å²) in [6, 6.07) is 8.08. The minimum absolute atomic E-state index is 0.631. The molecule has 15 heavy (non-hydrogen) atoms. The lowest BCUT2D eigenvalue weighted by molar-refractivity contribution is 0.710. The van der Waals surface area contributed by atoms with Gasteiger partial charge in [-0.25, -0.2) is 0 Å². The minimum atomic E-state index is 0.631. The molecule has 0 heterocycles. The zero-order valence-electron chi connectivity index (χ0n) is 9.33. The molecular formula is C14H17N. The van der Waals surface area contributed by atoms with Crippen LogP contribution in [0.4, 0.5) is 5.69 Å². The first-order valence-corrected chi connectivity index (χ1v) is 5.40. The highest BCUT2D eigenvalue weighted by molar-refractivity contribution is 5.77. The first-order chi connectivity index (χ1) is 7.15. The molecule has 0 spiro atoms. The van der Waals surface area contributed by atoms with Crippen molar-refractivity contribution in [3.05, 3.63) is 47.6 Å². The summed E-state index contributed by atoms with van der Waals surface area (Å²) < 4.78 is 0. The average molecular weight is 199 g/mol. The second-order valence-electron chi connectivity index (χ2n) is 4.42. The Morgan fingerprint density at radius 2 is 2.13 bits per heavy atom. The third-order valence-corrected chi connectivity index (χ3v) is 2.73. The second kappa shape index (κ2) is 3.93. The van der Waals surface area contributed by atoms with Crippen LogP contribution in [0.1, 0.15) is 25.8 Å². The normalized spacial score (nSPS) is 20.8. The Hall–Kier alpha value is -1.50. The van der Waals surface area contributed by atoms with Crippen LogP contribution in [0.3, 0.4) is 0 Å². The van der Waals surface area contributed by atoms with E-state index in [0.29, 0.717) is 5.92 Å². The van der Waals surface area contributed by atoms with Crippen LogP contribution in [0.5, 0.6) is 0 Å². The van der Waals surface area contributed by atoms with Gasteiger partial charge in [-0.3, -0.25) is 0 Å². The highest BCUT2D eigenvalue weighted by Gasteiger charge is 2.09. The number of nitrogens with two attached hydrogens (primary N) is 1. The number of allylic oxidation sites excluding steroid dienone is 4. The molecule has 1 aliphatic rings. The molecule has 0 amide bonds. The molecule has 1 aliphatic carbocycles. The van der Waals surface area contributed by atoms with Crippen LogP contribution in [0.25, 0.3) is 5.57 Å². The van der Waals surface area contributed by atoms with Crippen LogP contribution in [0.2, 0.25) is 0 Å². The van der Waals surface area contributed by atoms with E-state index < -0.39 is 0 Å². The lowest BCUT2D eigenvalue weighted by atomic mass is 9.89. The topological polar surface area (TPSA) is 26.0 Å². The van der Waals surface area contributed by atoms with Gasteiger partial charge in [0.05, 0.1) is 0 Å². The molecule has 0 saturated heterocycles. The fraction of sp³-hybridized carbons (Fsp3) is 0.286. The van der Waals surface area contributed by atoms with Crippen molar-refractivity contribution in [2.24, 2.45) is 5.92 Å². The summed E-state index contributed by atoms with van der Waals surface area (Å²) in [6.45, 7) is 4.44. The number of benzene rings is 1. The summed E-state index contributed by atoms with van der Waals surface area (Å²) >= 11 is 0. The summed E-state index contributed by atoms with van der Waals surface area (Å²) in [5.41, 5.74) is 10.6. The lowest BCUT2D eigenvalue weighted by Gasteiger charge is -2.16. The molecule has 1 aromatic rings. The van der Waals surface area contributed by atoms with Crippen molar-refractivity contribution in [3.63, 3.8) is 0 Å². The van der Waals surface area contributed by atoms with Gasteiger partial charge in [0.2, 0.25) is 0 Å². The van der Waals surface area contributed by atoms with Crippen molar-refractivity contribution in [3.8, 4) is 0 Å². The maximum absolute atomic E-state index is 5.79. The van der Waals surface area contributed by atoms with Gasteiger partial charge < -0.3 is 5.73 Å². The minimum Gasteiger partial charge on any atom is -0.399 e. The van der Waals surface area contributed by atoms with Gasteiger partial charge in [0, 0.05) is 5.69 Å². The predicted molar refractivity (Wildman–Crippen MR) is 66.4 cm³/mol. The van der Waals surface area contributed by atoms with Gasteiger partial charge in [0.15, 0.2) is 0 Å². The fourth-order valence-corrected chi connectivity index (χ4v) is 2.14. The van der Waals surface area contributed by atoms with E-state index in [4.69, 9.17) is 5.73 Å². The van der Waals surface area contributed by atoms with Crippen LogP contribution < -0.4 is 5.73 Å². The molecule has 0 aliphatic heterocycles. The third kappa shape index (κ3) is 2.30. The molecule has 1 heteroatoms. The van der Waals surface area contributed by atoms with E-state index in [1.54, 1.807) is 0 Å². The van der Waals surface area contributed by atoms with Crippen molar-refractivity contribution >= 4 is 11.3 Å². The van der Waals surface area contributed by atoms with Gasteiger partial charge in [-0.1, -0.05) is 36.8 Å². The molecule has 1 aromatic carbocycles. The Bertz CT molecular complexity index is 427. The summed E-state index contributed by atoms with van der Waals surface area (Å²) in [5, 5.41) is 0. The predicted octanol–water partition coefficient (Wildman–Crippen LogP) is 3.64. The van der Waals surface area contributed by atoms with Crippen LogP contribution >= 0.6 is 0 Å². The number of hydrogen-bond acceptors (Lipinski definition) is 1. The van der Waals surface area contributed by atoms with Gasteiger partial charge >= 0.3 is 0 Å². The first kappa shape index (κ1) is 10.0. The Morgan fingerprint density at radius 3 is 2.80 bits per heavy atom. The lowest BCUT2D eigenvalue weighted by Crippen LogP contribution is -1.99. The fourth-order valence-electron chi connectivity index (χ4n) is 2.14. The van der Waals surface area contributed by atoms with Gasteiger partial charge in [-0.2, -0.15) is 0 Å². The molecule has 0 radical (unpaired) electrons. The Labute approximate surface area is 91.3 Å². The van der Waals surface area contributed by atoms with E-state index in [0.717, 1.165) is 5.69 Å². The van der Waals surface area contributed by atoms with Crippen LogP contribution in [-0.4, -0.2) is 0 Å². The van der Waals surface area contributed by atoms with Crippen molar-refractivity contribution in [1.82, 2.24) is 0 Å². The smallest absolute Gasteiger partial charge is 0.0320 e.